The summed E-state index contributed by atoms with van der Waals surface area (Å²) in [6, 6.07) is 6.55. The number of hydrogen-bond donors (Lipinski definition) is 1. The number of hydrogen-bond acceptors (Lipinski definition) is 4. The minimum atomic E-state index is -0.441. The average Bonchev–Trinajstić information content (AvgIpc) is 3.11. The number of likely N-dealkylation sites (N-methyl/N-ethyl adjacent to an activating group) is 1. The standard InChI is InChI=1S/C26H31FN5O3/c1-18(2)16-32-21(15-19-14-20(27)10-11-22(19)32)17-31-13-12-28-25(26(31)35)29-23(33)8-6-5-7-9-24(34)30(3)4/h7-15,18H,5-6,16-17H2,1-4H3,(H,28,29,33)/b9-7+. The first-order valence-electron chi connectivity index (χ1n) is 11.5. The van der Waals surface area contributed by atoms with Crippen molar-refractivity contribution in [2.75, 3.05) is 19.4 Å². The highest BCUT2D eigenvalue weighted by Gasteiger charge is 2.14. The van der Waals surface area contributed by atoms with E-state index >= 15 is 0 Å². The first-order valence-corrected chi connectivity index (χ1v) is 11.5. The van der Waals surface area contributed by atoms with E-state index in [0.717, 1.165) is 23.1 Å². The van der Waals surface area contributed by atoms with Gasteiger partial charge in [0.2, 0.25) is 11.8 Å². The molecule has 1 aromatic carbocycles. The van der Waals surface area contributed by atoms with Crippen LogP contribution in [0.4, 0.5) is 10.2 Å². The Morgan fingerprint density at radius 1 is 1.20 bits per heavy atom. The summed E-state index contributed by atoms with van der Waals surface area (Å²) in [5, 5.41) is 3.31. The van der Waals surface area contributed by atoms with Crippen LogP contribution in [0.2, 0.25) is 0 Å². The summed E-state index contributed by atoms with van der Waals surface area (Å²) >= 11 is 0. The fraction of sp³-hybridized carbons (Fsp3) is 0.346. The largest absolute Gasteiger partial charge is 0.345 e. The zero-order valence-corrected chi connectivity index (χ0v) is 20.5. The molecule has 0 saturated carbocycles. The zero-order valence-electron chi connectivity index (χ0n) is 20.5. The Kier molecular flexibility index (Phi) is 8.57. The van der Waals surface area contributed by atoms with Gasteiger partial charge in [0, 0.05) is 49.6 Å². The number of anilines is 1. The molecule has 0 spiro atoms. The Bertz CT molecular complexity index is 1290. The summed E-state index contributed by atoms with van der Waals surface area (Å²) in [4.78, 5) is 42.2. The van der Waals surface area contributed by atoms with Crippen LogP contribution in [0.1, 0.15) is 32.4 Å². The summed E-state index contributed by atoms with van der Waals surface area (Å²) in [6.07, 6.45) is 8.51. The van der Waals surface area contributed by atoms with E-state index in [4.69, 9.17) is 0 Å². The molecule has 2 amide bonds. The molecule has 0 fully saturated rings. The summed E-state index contributed by atoms with van der Waals surface area (Å²) in [5.41, 5.74) is 1.33. The number of amides is 2. The maximum Gasteiger partial charge on any atom is 0.294 e. The molecular weight excluding hydrogens is 449 g/mol. The van der Waals surface area contributed by atoms with Crippen LogP contribution in [-0.2, 0) is 22.7 Å². The van der Waals surface area contributed by atoms with Crippen molar-refractivity contribution in [3.8, 4) is 0 Å². The second-order valence-corrected chi connectivity index (χ2v) is 8.96. The zero-order chi connectivity index (χ0) is 25.5. The van der Waals surface area contributed by atoms with Gasteiger partial charge in [-0.2, -0.15) is 0 Å². The normalized spacial score (nSPS) is 11.5. The van der Waals surface area contributed by atoms with E-state index < -0.39 is 11.5 Å². The number of carbonyl (C=O) groups is 2. The average molecular weight is 481 g/mol. The Labute approximate surface area is 204 Å². The molecule has 1 N–H and O–H groups in total. The highest BCUT2D eigenvalue weighted by Crippen LogP contribution is 2.23. The van der Waals surface area contributed by atoms with Crippen LogP contribution >= 0.6 is 0 Å². The van der Waals surface area contributed by atoms with Crippen molar-refractivity contribution >= 4 is 28.5 Å². The number of nitrogens with zero attached hydrogens (tertiary/aromatic N) is 4. The molecule has 0 aliphatic rings. The lowest BCUT2D eigenvalue weighted by Gasteiger charge is -2.14. The van der Waals surface area contributed by atoms with Gasteiger partial charge in [0.1, 0.15) is 5.82 Å². The number of halogens is 1. The van der Waals surface area contributed by atoms with Crippen molar-refractivity contribution in [2.24, 2.45) is 5.92 Å². The third-order valence-corrected chi connectivity index (χ3v) is 5.35. The van der Waals surface area contributed by atoms with E-state index in [1.807, 2.05) is 6.07 Å². The molecule has 0 atom stereocenters. The molecule has 9 heteroatoms. The minimum absolute atomic E-state index is 0.0651. The third kappa shape index (κ3) is 6.88. The summed E-state index contributed by atoms with van der Waals surface area (Å²) in [7, 11) is 3.32. The van der Waals surface area contributed by atoms with E-state index in [-0.39, 0.29) is 24.1 Å². The second kappa shape index (κ2) is 11.6. The molecule has 185 valence electrons. The van der Waals surface area contributed by atoms with Crippen LogP contribution in [0.5, 0.6) is 0 Å². The lowest BCUT2D eigenvalue weighted by Crippen LogP contribution is -2.28. The number of nitrogens with one attached hydrogen (secondary N) is 1. The number of fused-ring (bicyclic) bond motifs is 1. The molecule has 0 aliphatic heterocycles. The van der Waals surface area contributed by atoms with Gasteiger partial charge in [0.05, 0.1) is 13.0 Å². The first kappa shape index (κ1) is 25.9. The maximum atomic E-state index is 13.8. The van der Waals surface area contributed by atoms with Crippen LogP contribution in [0, 0.1) is 18.2 Å². The van der Waals surface area contributed by atoms with Gasteiger partial charge in [0.25, 0.3) is 5.56 Å². The predicted molar refractivity (Wildman–Crippen MR) is 134 cm³/mol. The quantitative estimate of drug-likeness (QED) is 0.355. The smallest absolute Gasteiger partial charge is 0.294 e. The van der Waals surface area contributed by atoms with Gasteiger partial charge < -0.3 is 19.4 Å². The summed E-state index contributed by atoms with van der Waals surface area (Å²) in [6.45, 7) is 5.16. The molecule has 2 heterocycles. The van der Waals surface area contributed by atoms with Gasteiger partial charge in [-0.1, -0.05) is 19.9 Å². The van der Waals surface area contributed by atoms with Gasteiger partial charge in [-0.3, -0.25) is 14.4 Å². The molecule has 0 saturated heterocycles. The Hall–Kier alpha value is -3.75. The number of benzene rings is 1. The lowest BCUT2D eigenvalue weighted by molar-refractivity contribution is -0.123. The van der Waals surface area contributed by atoms with E-state index in [0.29, 0.717) is 18.8 Å². The topological polar surface area (TPSA) is 89.2 Å². The minimum Gasteiger partial charge on any atom is -0.345 e. The monoisotopic (exact) mass is 480 g/mol. The van der Waals surface area contributed by atoms with E-state index in [9.17, 15) is 18.8 Å². The molecule has 0 aliphatic carbocycles. The molecule has 0 unspecified atom stereocenters. The Morgan fingerprint density at radius 2 is 1.97 bits per heavy atom. The van der Waals surface area contributed by atoms with E-state index in [2.05, 4.69) is 28.7 Å². The van der Waals surface area contributed by atoms with Crippen LogP contribution in [0.15, 0.2) is 53.6 Å². The van der Waals surface area contributed by atoms with Crippen molar-refractivity contribution in [3.05, 3.63) is 77.1 Å². The van der Waals surface area contributed by atoms with Gasteiger partial charge in [0.15, 0.2) is 5.82 Å². The number of carbonyl (C=O) groups excluding carboxylic acids is 2. The van der Waals surface area contributed by atoms with Gasteiger partial charge in [-0.15, -0.1) is 0 Å². The molecule has 0 bridgehead atoms. The number of aromatic nitrogens is 3. The number of allylic oxidation sites excluding steroid dienone is 1. The van der Waals surface area contributed by atoms with Crippen molar-refractivity contribution in [3.63, 3.8) is 0 Å². The summed E-state index contributed by atoms with van der Waals surface area (Å²) in [5.74, 6) is -0.590. The molecular formula is C26H31FN5O3. The van der Waals surface area contributed by atoms with Gasteiger partial charge >= 0.3 is 0 Å². The fourth-order valence-electron chi connectivity index (χ4n) is 3.65. The van der Waals surface area contributed by atoms with Gasteiger partial charge in [-0.25, -0.2) is 9.37 Å². The van der Waals surface area contributed by atoms with Crippen LogP contribution in [0.25, 0.3) is 10.9 Å². The second-order valence-electron chi connectivity index (χ2n) is 8.96. The predicted octanol–water partition coefficient (Wildman–Crippen LogP) is 3.61. The van der Waals surface area contributed by atoms with Gasteiger partial charge in [-0.05, 0) is 49.1 Å². The van der Waals surface area contributed by atoms with Crippen molar-refractivity contribution in [2.45, 2.75) is 39.8 Å². The molecule has 2 aromatic heterocycles. The first-order chi connectivity index (χ1) is 16.7. The van der Waals surface area contributed by atoms with Crippen molar-refractivity contribution in [1.29, 1.82) is 0 Å². The van der Waals surface area contributed by atoms with Crippen molar-refractivity contribution in [1.82, 2.24) is 19.0 Å². The maximum absolute atomic E-state index is 13.8. The van der Waals surface area contributed by atoms with Crippen LogP contribution < -0.4 is 10.9 Å². The number of rotatable bonds is 10. The molecule has 8 nitrogen and oxygen atoms in total. The summed E-state index contributed by atoms with van der Waals surface area (Å²) < 4.78 is 17.3. The molecule has 1 radical (unpaired) electrons. The lowest BCUT2D eigenvalue weighted by atomic mass is 10.2. The molecule has 3 rings (SSSR count). The third-order valence-electron chi connectivity index (χ3n) is 5.35. The Morgan fingerprint density at radius 3 is 2.69 bits per heavy atom. The molecule has 35 heavy (non-hydrogen) atoms. The molecule has 3 aromatic rings. The fourth-order valence-corrected chi connectivity index (χ4v) is 3.65. The van der Waals surface area contributed by atoms with Crippen LogP contribution in [0.3, 0.4) is 0 Å². The SMILES string of the molecule is CC(C)Cn1c(Cn2ccnc(NC(=O)[CH]CC/C=C/C(=O)N(C)C)c2=O)cc2cc(F)ccc21. The Balaban J connectivity index is 1.71. The van der Waals surface area contributed by atoms with Crippen molar-refractivity contribution < 1.29 is 14.0 Å². The van der Waals surface area contributed by atoms with Crippen LogP contribution in [-0.4, -0.2) is 44.9 Å². The van der Waals surface area contributed by atoms with E-state index in [1.54, 1.807) is 32.4 Å². The highest BCUT2D eigenvalue weighted by atomic mass is 19.1. The number of unbranched alkanes of at least 4 members (excludes halogenated alkanes) is 1. The highest BCUT2D eigenvalue weighted by molar-refractivity contribution is 5.96. The van der Waals surface area contributed by atoms with E-state index in [1.165, 1.54) is 40.3 Å².